The summed E-state index contributed by atoms with van der Waals surface area (Å²) in [7, 11) is 0. The zero-order valence-electron chi connectivity index (χ0n) is 10.5. The zero-order valence-corrected chi connectivity index (χ0v) is 10.5. The number of hydrogen-bond donors (Lipinski definition) is 2. The highest BCUT2D eigenvalue weighted by Crippen LogP contribution is 2.33. The molecule has 17 heavy (non-hydrogen) atoms. The predicted octanol–water partition coefficient (Wildman–Crippen LogP) is 2.93. The number of nitrogens with one attached hydrogen (secondary N) is 1. The highest BCUT2D eigenvalue weighted by molar-refractivity contribution is 5.62. The van der Waals surface area contributed by atoms with Crippen LogP contribution in [0.2, 0.25) is 0 Å². The van der Waals surface area contributed by atoms with Crippen molar-refractivity contribution in [3.05, 3.63) is 5.95 Å². The zero-order chi connectivity index (χ0) is 12.4. The number of nitrogens with zero attached hydrogens (tertiary/aromatic N) is 2. The van der Waals surface area contributed by atoms with E-state index in [1.165, 1.54) is 19.3 Å². The largest absolute Gasteiger partial charge is 0.392 e. The molecule has 1 aromatic rings. The quantitative estimate of drug-likeness (QED) is 0.854. The normalized spacial score (nSPS) is 17.6. The minimum atomic E-state index is -0.557. The molecule has 1 fully saturated rings. The molecule has 0 atom stereocenters. The second-order valence-corrected chi connectivity index (χ2v) is 5.09. The summed E-state index contributed by atoms with van der Waals surface area (Å²) in [6, 6.07) is 0.507. The van der Waals surface area contributed by atoms with Crippen molar-refractivity contribution in [2.45, 2.75) is 58.0 Å². The van der Waals surface area contributed by atoms with Crippen molar-refractivity contribution in [1.82, 2.24) is 9.78 Å². The van der Waals surface area contributed by atoms with Crippen LogP contribution in [0.3, 0.4) is 0 Å². The summed E-state index contributed by atoms with van der Waals surface area (Å²) in [6.07, 6.45) is 5.77. The van der Waals surface area contributed by atoms with E-state index in [1.54, 1.807) is 4.68 Å². The molecule has 1 saturated carbocycles. The molecule has 96 valence electrons. The fraction of sp³-hybridized carbons (Fsp3) is 0.750. The molecule has 1 aliphatic carbocycles. The molecule has 5 heteroatoms. The second kappa shape index (κ2) is 4.94. The number of hydrogen-bond acceptors (Lipinski definition) is 3. The molecule has 0 radical (unpaired) electrons. The van der Waals surface area contributed by atoms with Gasteiger partial charge in [0.2, 0.25) is 0 Å². The van der Waals surface area contributed by atoms with Crippen molar-refractivity contribution in [3.8, 4) is 0 Å². The van der Waals surface area contributed by atoms with Crippen LogP contribution in [-0.4, -0.2) is 15.8 Å². The van der Waals surface area contributed by atoms with Gasteiger partial charge in [0.15, 0.2) is 5.82 Å². The Hall–Kier alpha value is -1.26. The van der Waals surface area contributed by atoms with Crippen LogP contribution in [0.15, 0.2) is 0 Å². The van der Waals surface area contributed by atoms with Crippen molar-refractivity contribution < 1.29 is 4.39 Å². The lowest BCUT2D eigenvalue weighted by atomic mass is 9.96. The number of anilines is 2. The van der Waals surface area contributed by atoms with Crippen LogP contribution in [-0.2, 0) is 0 Å². The first-order chi connectivity index (χ1) is 8.09. The van der Waals surface area contributed by atoms with E-state index in [2.05, 4.69) is 10.4 Å². The Bertz CT molecular complexity index is 380. The molecule has 2 rings (SSSR count). The van der Waals surface area contributed by atoms with E-state index in [0.29, 0.717) is 5.82 Å². The standard InChI is InChI=1S/C12H21FN4/c1-8(2)15-12-10(14)11(13)16-17(12)9-6-4-3-5-7-9/h8-9,15H,3-7,14H2,1-2H3. The Balaban J connectivity index is 2.28. The van der Waals surface area contributed by atoms with Gasteiger partial charge in [0.05, 0.1) is 6.04 Å². The average Bonchev–Trinajstić information content (AvgIpc) is 2.58. The number of halogens is 1. The van der Waals surface area contributed by atoms with Gasteiger partial charge in [-0.2, -0.15) is 4.39 Å². The van der Waals surface area contributed by atoms with Gasteiger partial charge in [-0.3, -0.25) is 0 Å². The summed E-state index contributed by atoms with van der Waals surface area (Å²) in [5.74, 6) is 0.0862. The van der Waals surface area contributed by atoms with E-state index in [0.717, 1.165) is 12.8 Å². The van der Waals surface area contributed by atoms with Gasteiger partial charge in [-0.25, -0.2) is 4.68 Å². The molecular formula is C12H21FN4. The molecular weight excluding hydrogens is 219 g/mol. The fourth-order valence-corrected chi connectivity index (χ4v) is 2.43. The van der Waals surface area contributed by atoms with E-state index in [1.807, 2.05) is 13.8 Å². The summed E-state index contributed by atoms with van der Waals surface area (Å²) in [5.41, 5.74) is 5.88. The first kappa shape index (κ1) is 12.2. The van der Waals surface area contributed by atoms with Crippen molar-refractivity contribution >= 4 is 11.5 Å². The SMILES string of the molecule is CC(C)Nc1c(N)c(F)nn1C1CCCCC1. The lowest BCUT2D eigenvalue weighted by Crippen LogP contribution is -2.20. The third-order valence-corrected chi connectivity index (χ3v) is 3.25. The molecule has 0 saturated heterocycles. The Morgan fingerprint density at radius 2 is 2.00 bits per heavy atom. The van der Waals surface area contributed by atoms with Crippen molar-refractivity contribution in [1.29, 1.82) is 0 Å². The van der Waals surface area contributed by atoms with Crippen molar-refractivity contribution in [2.24, 2.45) is 0 Å². The highest BCUT2D eigenvalue weighted by Gasteiger charge is 2.23. The number of rotatable bonds is 3. The Morgan fingerprint density at radius 3 is 2.59 bits per heavy atom. The van der Waals surface area contributed by atoms with Gasteiger partial charge in [0.25, 0.3) is 5.95 Å². The van der Waals surface area contributed by atoms with Gasteiger partial charge in [-0.1, -0.05) is 19.3 Å². The first-order valence-corrected chi connectivity index (χ1v) is 6.39. The molecule has 1 aliphatic rings. The van der Waals surface area contributed by atoms with Crippen LogP contribution >= 0.6 is 0 Å². The highest BCUT2D eigenvalue weighted by atomic mass is 19.1. The first-order valence-electron chi connectivity index (χ1n) is 6.39. The Labute approximate surface area is 101 Å². The molecule has 4 nitrogen and oxygen atoms in total. The molecule has 1 aromatic heterocycles. The van der Waals surface area contributed by atoms with Gasteiger partial charge in [0.1, 0.15) is 5.69 Å². The summed E-state index contributed by atoms with van der Waals surface area (Å²) in [4.78, 5) is 0. The lowest BCUT2D eigenvalue weighted by Gasteiger charge is -2.24. The predicted molar refractivity (Wildman–Crippen MR) is 67.5 cm³/mol. The van der Waals surface area contributed by atoms with Crippen LogP contribution < -0.4 is 11.1 Å². The van der Waals surface area contributed by atoms with Crippen molar-refractivity contribution in [3.63, 3.8) is 0 Å². The van der Waals surface area contributed by atoms with Gasteiger partial charge in [-0.05, 0) is 26.7 Å². The summed E-state index contributed by atoms with van der Waals surface area (Å²) in [5, 5.41) is 7.14. The van der Waals surface area contributed by atoms with Gasteiger partial charge < -0.3 is 11.1 Å². The molecule has 0 aliphatic heterocycles. The van der Waals surface area contributed by atoms with Crippen LogP contribution in [0.25, 0.3) is 0 Å². The van der Waals surface area contributed by atoms with Crippen LogP contribution in [0.5, 0.6) is 0 Å². The number of nitrogen functional groups attached to an aromatic ring is 1. The third-order valence-electron chi connectivity index (χ3n) is 3.25. The van der Waals surface area contributed by atoms with E-state index >= 15 is 0 Å². The maximum Gasteiger partial charge on any atom is 0.257 e. The minimum absolute atomic E-state index is 0.143. The lowest BCUT2D eigenvalue weighted by molar-refractivity contribution is 0.324. The van der Waals surface area contributed by atoms with E-state index in [4.69, 9.17) is 5.73 Å². The van der Waals surface area contributed by atoms with Crippen molar-refractivity contribution in [2.75, 3.05) is 11.1 Å². The molecule has 0 spiro atoms. The molecule has 0 amide bonds. The fourth-order valence-electron chi connectivity index (χ4n) is 2.43. The van der Waals surface area contributed by atoms with Gasteiger partial charge >= 0.3 is 0 Å². The number of nitrogens with two attached hydrogens (primary N) is 1. The van der Waals surface area contributed by atoms with E-state index < -0.39 is 5.95 Å². The molecule has 0 bridgehead atoms. The summed E-state index contributed by atoms with van der Waals surface area (Å²) < 4.78 is 15.3. The number of aromatic nitrogens is 2. The molecule has 3 N–H and O–H groups in total. The van der Waals surface area contributed by atoms with Gasteiger partial charge in [-0.15, -0.1) is 5.10 Å². The third kappa shape index (κ3) is 2.53. The maximum absolute atomic E-state index is 13.5. The van der Waals surface area contributed by atoms with Gasteiger partial charge in [0, 0.05) is 6.04 Å². The van der Waals surface area contributed by atoms with Crippen LogP contribution in [0, 0.1) is 5.95 Å². The molecule has 0 unspecified atom stereocenters. The second-order valence-electron chi connectivity index (χ2n) is 5.09. The summed E-state index contributed by atoms with van der Waals surface area (Å²) in [6.45, 7) is 4.02. The Morgan fingerprint density at radius 1 is 1.35 bits per heavy atom. The Kier molecular flexibility index (Phi) is 3.54. The molecule has 0 aromatic carbocycles. The van der Waals surface area contributed by atoms with E-state index in [9.17, 15) is 4.39 Å². The maximum atomic E-state index is 13.5. The van der Waals surface area contributed by atoms with Crippen LogP contribution in [0.1, 0.15) is 52.0 Å². The molecule has 1 heterocycles. The monoisotopic (exact) mass is 240 g/mol. The van der Waals surface area contributed by atoms with Crippen LogP contribution in [0.4, 0.5) is 15.9 Å². The smallest absolute Gasteiger partial charge is 0.257 e. The van der Waals surface area contributed by atoms with E-state index in [-0.39, 0.29) is 17.8 Å². The minimum Gasteiger partial charge on any atom is -0.392 e. The topological polar surface area (TPSA) is 55.9 Å². The average molecular weight is 240 g/mol. The summed E-state index contributed by atoms with van der Waals surface area (Å²) >= 11 is 0.